The number of carbonyl (C=O) groups is 2. The Bertz CT molecular complexity index is 1230. The van der Waals surface area contributed by atoms with Gasteiger partial charge in [0, 0.05) is 68.2 Å². The lowest BCUT2D eigenvalue weighted by Gasteiger charge is -2.38. The molecule has 2 fully saturated rings. The van der Waals surface area contributed by atoms with E-state index in [1.54, 1.807) is 6.07 Å². The van der Waals surface area contributed by atoms with Crippen molar-refractivity contribution in [3.8, 4) is 0 Å². The van der Waals surface area contributed by atoms with Crippen molar-refractivity contribution in [1.29, 1.82) is 0 Å². The largest absolute Gasteiger partial charge is 0.371 e. The number of hydrogen-bond donors (Lipinski definition) is 2. The highest BCUT2D eigenvalue weighted by Gasteiger charge is 2.29. The van der Waals surface area contributed by atoms with E-state index in [0.717, 1.165) is 51.1 Å². The quantitative estimate of drug-likeness (QED) is 0.319. The predicted octanol–water partition coefficient (Wildman–Crippen LogP) is 4.41. The molecule has 0 saturated carbocycles. The van der Waals surface area contributed by atoms with Crippen LogP contribution in [-0.4, -0.2) is 66.0 Å². The molecular weight excluding hydrogens is 516 g/mol. The van der Waals surface area contributed by atoms with E-state index >= 15 is 0 Å². The van der Waals surface area contributed by atoms with Gasteiger partial charge in [0.25, 0.3) is 11.6 Å². The van der Waals surface area contributed by atoms with Gasteiger partial charge >= 0.3 is 0 Å². The molecule has 0 radical (unpaired) electrons. The van der Waals surface area contributed by atoms with Crippen molar-refractivity contribution in [3.05, 3.63) is 58.1 Å². The number of piperazine rings is 1. The summed E-state index contributed by atoms with van der Waals surface area (Å²) in [6.07, 6.45) is 3.16. The Hall–Kier alpha value is -3.73. The first-order valence-corrected chi connectivity index (χ1v) is 13.7. The number of hydrogen-bond acceptors (Lipinski definition) is 7. The highest BCUT2D eigenvalue weighted by atomic mass is 32.1. The molecule has 10 nitrogen and oxygen atoms in total. The van der Waals surface area contributed by atoms with Crippen molar-refractivity contribution in [2.75, 3.05) is 54.4 Å². The summed E-state index contributed by atoms with van der Waals surface area (Å²) in [5, 5.41) is 17.2. The topological polar surface area (TPSA) is 111 Å². The molecule has 2 aromatic rings. The number of nitro benzene ring substituents is 1. The fourth-order valence-electron chi connectivity index (χ4n) is 4.96. The Morgan fingerprint density at radius 1 is 0.897 bits per heavy atom. The lowest BCUT2D eigenvalue weighted by Crippen LogP contribution is -2.51. The van der Waals surface area contributed by atoms with E-state index in [1.165, 1.54) is 12.1 Å². The number of rotatable bonds is 5. The Morgan fingerprint density at radius 3 is 2.13 bits per heavy atom. The second kappa shape index (κ2) is 12.0. The van der Waals surface area contributed by atoms with E-state index in [1.807, 2.05) is 49.9 Å². The average Bonchev–Trinajstić information content (AvgIpc) is 2.92. The van der Waals surface area contributed by atoms with Crippen molar-refractivity contribution in [1.82, 2.24) is 10.2 Å². The molecule has 208 valence electrons. The second-order valence-electron chi connectivity index (χ2n) is 11.0. The third-order valence-electron chi connectivity index (χ3n) is 7.06. The maximum Gasteiger partial charge on any atom is 0.270 e. The first-order valence-electron chi connectivity index (χ1n) is 13.3. The molecule has 0 unspecified atom stereocenters. The van der Waals surface area contributed by atoms with Crippen LogP contribution in [0.3, 0.4) is 0 Å². The summed E-state index contributed by atoms with van der Waals surface area (Å²) in [5.74, 6) is -0.318. The molecule has 0 bridgehead atoms. The fraction of sp³-hybridized carbons (Fsp3) is 0.464. The van der Waals surface area contributed by atoms with Gasteiger partial charge < -0.3 is 20.0 Å². The molecule has 2 heterocycles. The van der Waals surface area contributed by atoms with Gasteiger partial charge in [0.2, 0.25) is 5.91 Å². The van der Waals surface area contributed by atoms with Crippen molar-refractivity contribution in [2.24, 2.45) is 5.41 Å². The number of nitro groups is 1. The number of amides is 2. The van der Waals surface area contributed by atoms with Crippen LogP contribution in [0.2, 0.25) is 0 Å². The number of piperidine rings is 1. The van der Waals surface area contributed by atoms with Crippen LogP contribution in [0.1, 0.15) is 50.4 Å². The maximum atomic E-state index is 13.2. The summed E-state index contributed by atoms with van der Waals surface area (Å²) in [6, 6.07) is 12.1. The van der Waals surface area contributed by atoms with Gasteiger partial charge in [-0.1, -0.05) is 20.8 Å². The van der Waals surface area contributed by atoms with Crippen molar-refractivity contribution >= 4 is 51.9 Å². The van der Waals surface area contributed by atoms with E-state index in [2.05, 4.69) is 20.4 Å². The summed E-state index contributed by atoms with van der Waals surface area (Å²) < 4.78 is 0. The van der Waals surface area contributed by atoms with Gasteiger partial charge in [0.15, 0.2) is 5.11 Å². The molecule has 2 aliphatic rings. The molecule has 2 N–H and O–H groups in total. The average molecular weight is 553 g/mol. The van der Waals surface area contributed by atoms with E-state index in [4.69, 9.17) is 12.2 Å². The molecule has 11 heteroatoms. The minimum Gasteiger partial charge on any atom is -0.371 e. The first-order chi connectivity index (χ1) is 18.5. The number of nitrogens with zero attached hydrogens (tertiary/aromatic N) is 4. The highest BCUT2D eigenvalue weighted by Crippen LogP contribution is 2.28. The van der Waals surface area contributed by atoms with Gasteiger partial charge in [-0.15, -0.1) is 0 Å². The lowest BCUT2D eigenvalue weighted by molar-refractivity contribution is -0.384. The zero-order chi connectivity index (χ0) is 28.2. The Labute approximate surface area is 234 Å². The zero-order valence-corrected chi connectivity index (χ0v) is 23.6. The van der Waals surface area contributed by atoms with E-state index < -0.39 is 10.8 Å². The number of non-ortho nitro benzene ring substituents is 1. The van der Waals surface area contributed by atoms with Crippen LogP contribution in [0.15, 0.2) is 42.5 Å². The molecule has 2 aromatic carbocycles. The Balaban J connectivity index is 1.36. The van der Waals surface area contributed by atoms with Crippen molar-refractivity contribution in [2.45, 2.75) is 40.0 Å². The number of anilines is 3. The molecule has 0 atom stereocenters. The molecule has 0 aromatic heterocycles. The van der Waals surface area contributed by atoms with Crippen molar-refractivity contribution in [3.63, 3.8) is 0 Å². The number of thiocarbonyl (C=S) groups is 1. The normalized spacial score (nSPS) is 16.0. The minimum absolute atomic E-state index is 0.109. The third-order valence-corrected chi connectivity index (χ3v) is 7.26. The van der Waals surface area contributed by atoms with Gasteiger partial charge in [-0.05, 0) is 61.8 Å². The zero-order valence-electron chi connectivity index (χ0n) is 22.7. The summed E-state index contributed by atoms with van der Waals surface area (Å²) in [4.78, 5) is 42.8. The summed E-state index contributed by atoms with van der Waals surface area (Å²) in [6.45, 7) is 10.3. The maximum absolute atomic E-state index is 13.2. The lowest BCUT2D eigenvalue weighted by atomic mass is 9.94. The van der Waals surface area contributed by atoms with Crippen LogP contribution in [0.25, 0.3) is 0 Å². The fourth-order valence-corrected chi connectivity index (χ4v) is 5.17. The van der Waals surface area contributed by atoms with E-state index in [0.29, 0.717) is 24.5 Å². The van der Waals surface area contributed by atoms with Gasteiger partial charge in [-0.25, -0.2) is 0 Å². The predicted molar refractivity (Wildman–Crippen MR) is 158 cm³/mol. The molecular formula is C28H36N6O4S. The molecule has 0 spiro atoms. The number of benzene rings is 2. The van der Waals surface area contributed by atoms with Gasteiger partial charge in [-0.3, -0.25) is 25.0 Å². The van der Waals surface area contributed by atoms with E-state index in [-0.39, 0.29) is 27.7 Å². The number of carbonyl (C=O) groups excluding carboxylic acids is 2. The highest BCUT2D eigenvalue weighted by molar-refractivity contribution is 7.80. The van der Waals surface area contributed by atoms with E-state index in [9.17, 15) is 19.7 Å². The Kier molecular flexibility index (Phi) is 8.69. The summed E-state index contributed by atoms with van der Waals surface area (Å²) in [5.41, 5.74) is 2.14. The third kappa shape index (κ3) is 7.03. The second-order valence-corrected chi connectivity index (χ2v) is 11.4. The van der Waals surface area contributed by atoms with Crippen LogP contribution >= 0.6 is 12.2 Å². The first kappa shape index (κ1) is 28.3. The van der Waals surface area contributed by atoms with Crippen LogP contribution in [0.4, 0.5) is 22.7 Å². The standard InChI is InChI=1S/C28H36N6O4S/c1-28(2,3)26(36)33-17-15-31(16-18-33)21-9-7-20(8-10-21)29-27(39)30-25(35)23-19-22(34(37)38)11-12-24(23)32-13-5-4-6-14-32/h7-12,19H,4-6,13-18H2,1-3H3,(H2,29,30,35,39). The number of nitrogens with one attached hydrogen (secondary N) is 2. The minimum atomic E-state index is -0.503. The van der Waals surface area contributed by atoms with Gasteiger partial charge in [0.05, 0.1) is 16.2 Å². The van der Waals surface area contributed by atoms with Crippen LogP contribution in [-0.2, 0) is 4.79 Å². The van der Waals surface area contributed by atoms with Gasteiger partial charge in [-0.2, -0.15) is 0 Å². The smallest absolute Gasteiger partial charge is 0.270 e. The molecule has 2 aliphatic heterocycles. The van der Waals surface area contributed by atoms with Crippen LogP contribution < -0.4 is 20.4 Å². The Morgan fingerprint density at radius 2 is 1.54 bits per heavy atom. The van der Waals surface area contributed by atoms with Crippen LogP contribution in [0, 0.1) is 15.5 Å². The van der Waals surface area contributed by atoms with Gasteiger partial charge in [0.1, 0.15) is 0 Å². The molecule has 0 aliphatic carbocycles. The summed E-state index contributed by atoms with van der Waals surface area (Å²) in [7, 11) is 0. The molecule has 2 amide bonds. The van der Waals surface area contributed by atoms with Crippen molar-refractivity contribution < 1.29 is 14.5 Å². The molecule has 4 rings (SSSR count). The molecule has 39 heavy (non-hydrogen) atoms. The molecule has 2 saturated heterocycles. The monoisotopic (exact) mass is 552 g/mol. The van der Waals surface area contributed by atoms with Crippen LogP contribution in [0.5, 0.6) is 0 Å². The SMILES string of the molecule is CC(C)(C)C(=O)N1CCN(c2ccc(NC(=S)NC(=O)c3cc([N+](=O)[O-])ccc3N3CCCCC3)cc2)CC1. The summed E-state index contributed by atoms with van der Waals surface area (Å²) >= 11 is 5.38.